The fraction of sp³-hybridized carbons (Fsp3) is 0.278. The van der Waals surface area contributed by atoms with Crippen molar-refractivity contribution in [2.75, 3.05) is 23.7 Å². The molecule has 0 unspecified atom stereocenters. The number of hydrogen-bond donors (Lipinski definition) is 3. The van der Waals surface area contributed by atoms with Gasteiger partial charge in [0.2, 0.25) is 5.91 Å². The lowest BCUT2D eigenvalue weighted by Gasteiger charge is -2.08. The normalized spacial score (nSPS) is 13.3. The number of amides is 2. The standard InChI is InChI=1S/C18H20N4O2/c23-17(12-19-10-13-6-7-13)21-15-8-9-16(20-11-15)22-18(24)14-4-2-1-3-5-14/h1-5,8-9,11,13,19H,6-7,10,12H2,(H,21,23)(H,20,22,24). The Morgan fingerprint density at radius 2 is 1.83 bits per heavy atom. The Balaban J connectivity index is 1.47. The SMILES string of the molecule is O=C(CNCC1CC1)Nc1ccc(NC(=O)c2ccccc2)nc1. The summed E-state index contributed by atoms with van der Waals surface area (Å²) in [6.07, 6.45) is 4.04. The van der Waals surface area contributed by atoms with Gasteiger partial charge in [-0.05, 0) is 49.6 Å². The maximum absolute atomic E-state index is 12.0. The first-order chi connectivity index (χ1) is 11.7. The maximum Gasteiger partial charge on any atom is 0.256 e. The third-order valence-corrected chi connectivity index (χ3v) is 3.74. The fourth-order valence-corrected chi connectivity index (χ4v) is 2.24. The molecule has 1 aliphatic rings. The summed E-state index contributed by atoms with van der Waals surface area (Å²) in [4.78, 5) is 28.0. The van der Waals surface area contributed by atoms with Crippen LogP contribution in [0.1, 0.15) is 23.2 Å². The largest absolute Gasteiger partial charge is 0.324 e. The number of pyridine rings is 1. The minimum Gasteiger partial charge on any atom is -0.324 e. The summed E-state index contributed by atoms with van der Waals surface area (Å²) in [5.41, 5.74) is 1.17. The Morgan fingerprint density at radius 3 is 2.50 bits per heavy atom. The van der Waals surface area contributed by atoms with Crippen LogP contribution in [-0.4, -0.2) is 29.9 Å². The molecule has 1 aliphatic carbocycles. The molecule has 0 radical (unpaired) electrons. The van der Waals surface area contributed by atoms with Crippen LogP contribution < -0.4 is 16.0 Å². The molecule has 2 aromatic rings. The van der Waals surface area contributed by atoms with Gasteiger partial charge < -0.3 is 16.0 Å². The summed E-state index contributed by atoms with van der Waals surface area (Å²) in [7, 11) is 0. The Labute approximate surface area is 140 Å². The molecule has 6 heteroatoms. The van der Waals surface area contributed by atoms with Crippen molar-refractivity contribution >= 4 is 23.3 Å². The molecule has 0 spiro atoms. The number of rotatable bonds is 7. The molecular formula is C18H20N4O2. The summed E-state index contributed by atoms with van der Waals surface area (Å²) in [5.74, 6) is 0.864. The third-order valence-electron chi connectivity index (χ3n) is 3.74. The molecule has 0 atom stereocenters. The molecule has 1 fully saturated rings. The van der Waals surface area contributed by atoms with Gasteiger partial charge in [0.15, 0.2) is 0 Å². The van der Waals surface area contributed by atoms with E-state index in [0.717, 1.165) is 12.5 Å². The predicted octanol–water partition coefficient (Wildman–Crippen LogP) is 2.27. The highest BCUT2D eigenvalue weighted by molar-refractivity contribution is 6.03. The molecule has 1 heterocycles. The Morgan fingerprint density at radius 1 is 1.04 bits per heavy atom. The lowest BCUT2D eigenvalue weighted by molar-refractivity contribution is -0.115. The lowest BCUT2D eigenvalue weighted by atomic mass is 10.2. The van der Waals surface area contributed by atoms with Gasteiger partial charge in [-0.1, -0.05) is 18.2 Å². The molecular weight excluding hydrogens is 304 g/mol. The van der Waals surface area contributed by atoms with Crippen molar-refractivity contribution in [3.63, 3.8) is 0 Å². The molecule has 1 saturated carbocycles. The van der Waals surface area contributed by atoms with Crippen molar-refractivity contribution < 1.29 is 9.59 Å². The summed E-state index contributed by atoms with van der Waals surface area (Å²) >= 11 is 0. The van der Waals surface area contributed by atoms with Gasteiger partial charge in [-0.2, -0.15) is 0 Å². The van der Waals surface area contributed by atoms with Crippen LogP contribution in [0.5, 0.6) is 0 Å². The summed E-state index contributed by atoms with van der Waals surface area (Å²) in [6.45, 7) is 1.19. The second-order valence-electron chi connectivity index (χ2n) is 5.87. The highest BCUT2D eigenvalue weighted by atomic mass is 16.2. The minimum absolute atomic E-state index is 0.0986. The average Bonchev–Trinajstić information content (AvgIpc) is 3.42. The van der Waals surface area contributed by atoms with E-state index in [-0.39, 0.29) is 11.8 Å². The summed E-state index contributed by atoms with van der Waals surface area (Å²) in [6, 6.07) is 12.3. The number of anilines is 2. The molecule has 3 N–H and O–H groups in total. The fourth-order valence-electron chi connectivity index (χ4n) is 2.24. The molecule has 0 aliphatic heterocycles. The molecule has 0 saturated heterocycles. The zero-order valence-electron chi connectivity index (χ0n) is 13.3. The number of carbonyl (C=O) groups excluding carboxylic acids is 2. The Kier molecular flexibility index (Phi) is 5.18. The highest BCUT2D eigenvalue weighted by Crippen LogP contribution is 2.27. The van der Waals surface area contributed by atoms with E-state index < -0.39 is 0 Å². The van der Waals surface area contributed by atoms with E-state index >= 15 is 0 Å². The predicted molar refractivity (Wildman–Crippen MR) is 92.9 cm³/mol. The number of benzene rings is 1. The van der Waals surface area contributed by atoms with Crippen LogP contribution in [-0.2, 0) is 4.79 Å². The monoisotopic (exact) mass is 324 g/mol. The van der Waals surface area contributed by atoms with Crippen molar-refractivity contribution in [2.24, 2.45) is 5.92 Å². The van der Waals surface area contributed by atoms with E-state index in [1.807, 2.05) is 6.07 Å². The van der Waals surface area contributed by atoms with E-state index in [4.69, 9.17) is 0 Å². The molecule has 3 rings (SSSR count). The van der Waals surface area contributed by atoms with Gasteiger partial charge in [0, 0.05) is 5.56 Å². The van der Waals surface area contributed by atoms with Gasteiger partial charge in [0.05, 0.1) is 18.4 Å². The van der Waals surface area contributed by atoms with E-state index in [1.54, 1.807) is 36.4 Å². The number of carbonyl (C=O) groups is 2. The van der Waals surface area contributed by atoms with Crippen LogP contribution in [0.3, 0.4) is 0 Å². The highest BCUT2D eigenvalue weighted by Gasteiger charge is 2.20. The first kappa shape index (κ1) is 16.1. The van der Waals surface area contributed by atoms with Crippen LogP contribution in [0, 0.1) is 5.92 Å². The molecule has 2 amide bonds. The van der Waals surface area contributed by atoms with Gasteiger partial charge in [0.1, 0.15) is 5.82 Å². The molecule has 0 bridgehead atoms. The van der Waals surface area contributed by atoms with Gasteiger partial charge in [-0.3, -0.25) is 9.59 Å². The number of aromatic nitrogens is 1. The Hall–Kier alpha value is -2.73. The quantitative estimate of drug-likeness (QED) is 0.729. The van der Waals surface area contributed by atoms with Crippen LogP contribution in [0.4, 0.5) is 11.5 Å². The van der Waals surface area contributed by atoms with Crippen molar-refractivity contribution in [2.45, 2.75) is 12.8 Å². The van der Waals surface area contributed by atoms with Crippen LogP contribution in [0.25, 0.3) is 0 Å². The van der Waals surface area contributed by atoms with Gasteiger partial charge in [-0.15, -0.1) is 0 Å². The maximum atomic E-state index is 12.0. The van der Waals surface area contributed by atoms with Crippen LogP contribution in [0.15, 0.2) is 48.7 Å². The van der Waals surface area contributed by atoms with E-state index in [9.17, 15) is 9.59 Å². The molecule has 1 aromatic carbocycles. The van der Waals surface area contributed by atoms with Crippen molar-refractivity contribution in [1.29, 1.82) is 0 Å². The second kappa shape index (κ2) is 7.70. The van der Waals surface area contributed by atoms with E-state index in [1.165, 1.54) is 19.0 Å². The van der Waals surface area contributed by atoms with Gasteiger partial charge >= 0.3 is 0 Å². The molecule has 6 nitrogen and oxygen atoms in total. The smallest absolute Gasteiger partial charge is 0.256 e. The van der Waals surface area contributed by atoms with Gasteiger partial charge in [0.25, 0.3) is 5.91 Å². The zero-order chi connectivity index (χ0) is 16.8. The summed E-state index contributed by atoms with van der Waals surface area (Å²) in [5, 5.41) is 8.62. The number of nitrogens with one attached hydrogen (secondary N) is 3. The number of hydrogen-bond acceptors (Lipinski definition) is 4. The molecule has 1 aromatic heterocycles. The minimum atomic E-state index is -0.218. The average molecular weight is 324 g/mol. The lowest BCUT2D eigenvalue weighted by Crippen LogP contribution is -2.29. The van der Waals surface area contributed by atoms with Crippen LogP contribution >= 0.6 is 0 Å². The number of nitrogens with zero attached hydrogens (tertiary/aromatic N) is 1. The van der Waals surface area contributed by atoms with Crippen LogP contribution in [0.2, 0.25) is 0 Å². The molecule has 124 valence electrons. The van der Waals surface area contributed by atoms with Gasteiger partial charge in [-0.25, -0.2) is 4.98 Å². The van der Waals surface area contributed by atoms with Crippen molar-refractivity contribution in [3.05, 3.63) is 54.2 Å². The van der Waals surface area contributed by atoms with E-state index in [2.05, 4.69) is 20.9 Å². The second-order valence-corrected chi connectivity index (χ2v) is 5.87. The Bertz CT molecular complexity index is 697. The topological polar surface area (TPSA) is 83.1 Å². The third kappa shape index (κ3) is 4.89. The summed E-state index contributed by atoms with van der Waals surface area (Å²) < 4.78 is 0. The first-order valence-electron chi connectivity index (χ1n) is 8.04. The van der Waals surface area contributed by atoms with Crippen molar-refractivity contribution in [1.82, 2.24) is 10.3 Å². The van der Waals surface area contributed by atoms with Crippen molar-refractivity contribution in [3.8, 4) is 0 Å². The molecule has 24 heavy (non-hydrogen) atoms. The van der Waals surface area contributed by atoms with E-state index in [0.29, 0.717) is 23.6 Å². The first-order valence-corrected chi connectivity index (χ1v) is 8.04. The zero-order valence-corrected chi connectivity index (χ0v) is 13.3.